The van der Waals surface area contributed by atoms with Crippen LogP contribution in [-0.4, -0.2) is 53.6 Å². The zero-order valence-corrected chi connectivity index (χ0v) is 16.9. The minimum Gasteiger partial charge on any atom is -0.335 e. The molecule has 26 heavy (non-hydrogen) atoms. The number of amides is 1. The van der Waals surface area contributed by atoms with E-state index < -0.39 is 9.84 Å². The Hall–Kier alpha value is -1.12. The van der Waals surface area contributed by atoms with E-state index in [1.807, 2.05) is 29.2 Å². The van der Waals surface area contributed by atoms with E-state index in [4.69, 9.17) is 0 Å². The molecule has 1 aliphatic heterocycles. The van der Waals surface area contributed by atoms with Gasteiger partial charge in [0, 0.05) is 12.1 Å². The molecular formula is C18H22N2O3S3. The summed E-state index contributed by atoms with van der Waals surface area (Å²) in [6.45, 7) is 0. The maximum atomic E-state index is 13.0. The van der Waals surface area contributed by atoms with Crippen LogP contribution < -0.4 is 0 Å². The van der Waals surface area contributed by atoms with Crippen LogP contribution >= 0.6 is 23.1 Å². The summed E-state index contributed by atoms with van der Waals surface area (Å²) in [6, 6.07) is 8.02. The number of nitrogens with zero attached hydrogens (tertiary/aromatic N) is 2. The number of carbonyl (C=O) groups excluding carboxylic acids is 1. The number of thioether (sulfide) groups is 1. The van der Waals surface area contributed by atoms with Crippen LogP contribution in [0.4, 0.5) is 0 Å². The van der Waals surface area contributed by atoms with Gasteiger partial charge in [-0.15, -0.1) is 11.3 Å². The maximum absolute atomic E-state index is 13.0. The number of aromatic nitrogens is 1. The summed E-state index contributed by atoms with van der Waals surface area (Å²) >= 11 is 3.07. The largest absolute Gasteiger partial charge is 0.335 e. The van der Waals surface area contributed by atoms with Gasteiger partial charge in [-0.05, 0) is 31.4 Å². The normalized spacial score (nSPS) is 22.8. The number of fused-ring (bicyclic) bond motifs is 1. The van der Waals surface area contributed by atoms with Gasteiger partial charge in [-0.25, -0.2) is 13.4 Å². The summed E-state index contributed by atoms with van der Waals surface area (Å²) in [6.07, 6.45) is 4.82. The monoisotopic (exact) mass is 410 g/mol. The molecule has 1 saturated heterocycles. The zero-order valence-electron chi connectivity index (χ0n) is 14.5. The van der Waals surface area contributed by atoms with Crippen LogP contribution in [0.15, 0.2) is 28.6 Å². The van der Waals surface area contributed by atoms with E-state index in [2.05, 4.69) is 4.98 Å². The van der Waals surface area contributed by atoms with E-state index in [1.165, 1.54) is 11.8 Å². The maximum Gasteiger partial charge on any atom is 0.233 e. The van der Waals surface area contributed by atoms with Crippen molar-refractivity contribution in [3.63, 3.8) is 0 Å². The second-order valence-electron chi connectivity index (χ2n) is 7.03. The Morgan fingerprint density at radius 3 is 2.65 bits per heavy atom. The first kappa shape index (κ1) is 18.3. The Kier molecular flexibility index (Phi) is 5.25. The van der Waals surface area contributed by atoms with Crippen LogP contribution in [0.2, 0.25) is 0 Å². The topological polar surface area (TPSA) is 67.3 Å². The van der Waals surface area contributed by atoms with E-state index in [1.54, 1.807) is 11.3 Å². The second kappa shape index (κ2) is 7.48. The molecule has 2 heterocycles. The smallest absolute Gasteiger partial charge is 0.233 e. The molecule has 0 bridgehead atoms. The molecule has 0 radical (unpaired) electrons. The van der Waals surface area contributed by atoms with Crippen LogP contribution in [-0.2, 0) is 14.6 Å². The SMILES string of the molecule is O=C(CSc1nc2ccccc2s1)N(C1CCCC1)[C@H]1CCS(=O)(=O)C1. The molecule has 2 aliphatic rings. The lowest BCUT2D eigenvalue weighted by Gasteiger charge is -2.34. The van der Waals surface area contributed by atoms with E-state index >= 15 is 0 Å². The molecule has 5 nitrogen and oxygen atoms in total. The van der Waals surface area contributed by atoms with Crippen molar-refractivity contribution in [1.29, 1.82) is 0 Å². The molecule has 0 unspecified atom stereocenters. The number of carbonyl (C=O) groups is 1. The molecular weight excluding hydrogens is 388 g/mol. The van der Waals surface area contributed by atoms with Crippen molar-refractivity contribution >= 4 is 49.1 Å². The van der Waals surface area contributed by atoms with Gasteiger partial charge in [0.15, 0.2) is 14.2 Å². The first-order chi connectivity index (χ1) is 12.5. The molecule has 2 aromatic rings. The van der Waals surface area contributed by atoms with Gasteiger partial charge in [-0.2, -0.15) is 0 Å². The van der Waals surface area contributed by atoms with E-state index in [0.29, 0.717) is 12.2 Å². The lowest BCUT2D eigenvalue weighted by atomic mass is 10.1. The lowest BCUT2D eigenvalue weighted by molar-refractivity contribution is -0.132. The van der Waals surface area contributed by atoms with Crippen molar-refractivity contribution in [3.05, 3.63) is 24.3 Å². The summed E-state index contributed by atoms with van der Waals surface area (Å²) in [7, 11) is -3.00. The third-order valence-electron chi connectivity index (χ3n) is 5.20. The fourth-order valence-corrected chi connectivity index (χ4v) is 7.64. The average molecular weight is 411 g/mol. The quantitative estimate of drug-likeness (QED) is 0.707. The molecule has 1 saturated carbocycles. The van der Waals surface area contributed by atoms with E-state index in [9.17, 15) is 13.2 Å². The van der Waals surface area contributed by atoms with Gasteiger partial charge >= 0.3 is 0 Å². The Morgan fingerprint density at radius 2 is 1.96 bits per heavy atom. The van der Waals surface area contributed by atoms with Gasteiger partial charge in [0.1, 0.15) is 0 Å². The van der Waals surface area contributed by atoms with Crippen molar-refractivity contribution in [1.82, 2.24) is 9.88 Å². The van der Waals surface area contributed by atoms with Gasteiger partial charge in [0.2, 0.25) is 5.91 Å². The molecule has 4 rings (SSSR count). The first-order valence-corrected chi connectivity index (χ1v) is 12.6. The summed E-state index contributed by atoms with van der Waals surface area (Å²) in [5.41, 5.74) is 0.960. The fourth-order valence-electron chi connectivity index (χ4n) is 3.99. The van der Waals surface area contributed by atoms with Gasteiger partial charge in [-0.1, -0.05) is 36.7 Å². The highest BCUT2D eigenvalue weighted by Gasteiger charge is 2.38. The minimum absolute atomic E-state index is 0.0586. The Morgan fingerprint density at radius 1 is 1.19 bits per heavy atom. The molecule has 8 heteroatoms. The van der Waals surface area contributed by atoms with Gasteiger partial charge in [0.05, 0.1) is 27.5 Å². The van der Waals surface area contributed by atoms with Crippen molar-refractivity contribution in [2.75, 3.05) is 17.3 Å². The molecule has 1 amide bonds. The highest BCUT2D eigenvalue weighted by Crippen LogP contribution is 2.32. The number of hydrogen-bond acceptors (Lipinski definition) is 6. The number of hydrogen-bond donors (Lipinski definition) is 0. The van der Waals surface area contributed by atoms with Crippen molar-refractivity contribution < 1.29 is 13.2 Å². The van der Waals surface area contributed by atoms with Crippen LogP contribution in [0, 0.1) is 0 Å². The van der Waals surface area contributed by atoms with Gasteiger partial charge < -0.3 is 4.90 Å². The van der Waals surface area contributed by atoms with Crippen LogP contribution in [0.1, 0.15) is 32.1 Å². The van der Waals surface area contributed by atoms with Crippen molar-refractivity contribution in [3.8, 4) is 0 Å². The molecule has 1 aliphatic carbocycles. The van der Waals surface area contributed by atoms with Crippen molar-refractivity contribution in [2.24, 2.45) is 0 Å². The Labute approximate surface area is 162 Å². The second-order valence-corrected chi connectivity index (χ2v) is 11.5. The van der Waals surface area contributed by atoms with Crippen LogP contribution in [0.25, 0.3) is 10.2 Å². The lowest BCUT2D eigenvalue weighted by Crippen LogP contribution is -2.47. The van der Waals surface area contributed by atoms with Crippen LogP contribution in [0.5, 0.6) is 0 Å². The van der Waals surface area contributed by atoms with Crippen molar-refractivity contribution in [2.45, 2.75) is 48.5 Å². The number of sulfone groups is 1. The highest BCUT2D eigenvalue weighted by molar-refractivity contribution is 8.01. The molecule has 2 fully saturated rings. The Balaban J connectivity index is 1.47. The number of rotatable bonds is 5. The number of benzene rings is 1. The average Bonchev–Trinajstić information content (AvgIpc) is 3.33. The third-order valence-corrected chi connectivity index (χ3v) is 9.12. The minimum atomic E-state index is -3.00. The summed E-state index contributed by atoms with van der Waals surface area (Å²) in [5.74, 6) is 0.718. The highest BCUT2D eigenvalue weighted by atomic mass is 32.2. The molecule has 1 atom stereocenters. The molecule has 0 spiro atoms. The summed E-state index contributed by atoms with van der Waals surface area (Å²) in [5, 5.41) is 0. The summed E-state index contributed by atoms with van der Waals surface area (Å²) in [4.78, 5) is 19.5. The summed E-state index contributed by atoms with van der Waals surface area (Å²) < 4.78 is 25.8. The molecule has 140 valence electrons. The predicted octanol–water partition coefficient (Wildman–Crippen LogP) is 3.35. The Bertz CT molecular complexity index is 870. The fraction of sp³-hybridized carbons (Fsp3) is 0.556. The standard InChI is InChI=1S/C18H22N2O3S3/c21-17(11-24-18-19-15-7-3-4-8-16(15)25-18)20(13-5-1-2-6-13)14-9-10-26(22,23)12-14/h3-4,7-8,13-14H,1-2,5-6,9-12H2/t14-/m0/s1. The predicted molar refractivity (Wildman–Crippen MR) is 107 cm³/mol. The van der Waals surface area contributed by atoms with E-state index in [-0.39, 0.29) is 29.5 Å². The number of thiazole rings is 1. The van der Waals surface area contributed by atoms with Gasteiger partial charge in [-0.3, -0.25) is 4.79 Å². The molecule has 0 N–H and O–H groups in total. The van der Waals surface area contributed by atoms with Gasteiger partial charge in [0.25, 0.3) is 0 Å². The number of para-hydroxylation sites is 1. The first-order valence-electron chi connectivity index (χ1n) is 9.02. The third kappa shape index (κ3) is 3.92. The molecule has 1 aromatic carbocycles. The van der Waals surface area contributed by atoms with Crippen LogP contribution in [0.3, 0.4) is 0 Å². The zero-order chi connectivity index (χ0) is 18.1. The molecule has 1 aromatic heterocycles. The van der Waals surface area contributed by atoms with E-state index in [0.717, 1.165) is 40.2 Å².